The average molecular weight is 441 g/mol. The van der Waals surface area contributed by atoms with Crippen molar-refractivity contribution in [3.63, 3.8) is 0 Å². The van der Waals surface area contributed by atoms with Crippen molar-refractivity contribution in [3.05, 3.63) is 106 Å². The maximum Gasteiger partial charge on any atom is 0.360 e. The lowest BCUT2D eigenvalue weighted by Gasteiger charge is -2.19. The lowest BCUT2D eigenvalue weighted by atomic mass is 10.1. The highest BCUT2D eigenvalue weighted by Crippen LogP contribution is 2.24. The molecule has 1 atom stereocenters. The molecule has 1 N–H and O–H groups in total. The SMILES string of the molecule is Cc1cc(C)cc(NC(=O)[C@H](OC(=O)c2nn(C)c(=O)c3ccccc23)c2ccccc2)c1. The van der Waals surface area contributed by atoms with Gasteiger partial charge in [-0.1, -0.05) is 54.6 Å². The van der Waals surface area contributed by atoms with Crippen molar-refractivity contribution >= 4 is 28.3 Å². The highest BCUT2D eigenvalue weighted by atomic mass is 16.5. The van der Waals surface area contributed by atoms with Gasteiger partial charge < -0.3 is 10.1 Å². The minimum atomic E-state index is -1.21. The molecule has 33 heavy (non-hydrogen) atoms. The molecular formula is C26H23N3O4. The van der Waals surface area contributed by atoms with Crippen molar-refractivity contribution < 1.29 is 14.3 Å². The quantitative estimate of drug-likeness (QED) is 0.471. The number of hydrogen-bond donors (Lipinski definition) is 1. The van der Waals surface area contributed by atoms with Gasteiger partial charge in [-0.05, 0) is 43.2 Å². The third-order valence-corrected chi connectivity index (χ3v) is 5.20. The van der Waals surface area contributed by atoms with Crippen LogP contribution in [0.15, 0.2) is 77.6 Å². The molecule has 0 unspecified atom stereocenters. The molecule has 1 aromatic heterocycles. The summed E-state index contributed by atoms with van der Waals surface area (Å²) in [6.45, 7) is 3.88. The molecule has 7 heteroatoms. The van der Waals surface area contributed by atoms with E-state index in [1.807, 2.05) is 38.1 Å². The fourth-order valence-electron chi connectivity index (χ4n) is 3.77. The van der Waals surface area contributed by atoms with E-state index in [9.17, 15) is 14.4 Å². The zero-order chi connectivity index (χ0) is 23.5. The third-order valence-electron chi connectivity index (χ3n) is 5.20. The van der Waals surface area contributed by atoms with Gasteiger partial charge in [-0.2, -0.15) is 5.10 Å². The first-order valence-corrected chi connectivity index (χ1v) is 10.4. The number of hydrogen-bond acceptors (Lipinski definition) is 5. The van der Waals surface area contributed by atoms with E-state index < -0.39 is 18.0 Å². The van der Waals surface area contributed by atoms with Crippen LogP contribution in [0.25, 0.3) is 10.8 Å². The van der Waals surface area contributed by atoms with Crippen LogP contribution in [0.3, 0.4) is 0 Å². The Labute approximate surface area is 190 Å². The molecule has 7 nitrogen and oxygen atoms in total. The summed E-state index contributed by atoms with van der Waals surface area (Å²) < 4.78 is 6.78. The number of ether oxygens (including phenoxy) is 1. The summed E-state index contributed by atoms with van der Waals surface area (Å²) in [5, 5.41) is 7.67. The van der Waals surface area contributed by atoms with Crippen LogP contribution in [-0.4, -0.2) is 21.7 Å². The van der Waals surface area contributed by atoms with Crippen LogP contribution < -0.4 is 10.9 Å². The van der Waals surface area contributed by atoms with Crippen molar-refractivity contribution in [3.8, 4) is 0 Å². The van der Waals surface area contributed by atoms with Gasteiger partial charge in [0.1, 0.15) is 0 Å². The van der Waals surface area contributed by atoms with E-state index in [0.29, 0.717) is 22.0 Å². The number of carbonyl (C=O) groups is 2. The molecular weight excluding hydrogens is 418 g/mol. The molecule has 4 rings (SSSR count). The van der Waals surface area contributed by atoms with E-state index in [-0.39, 0.29) is 11.3 Å². The number of anilines is 1. The Kier molecular flexibility index (Phi) is 6.04. The minimum Gasteiger partial charge on any atom is -0.442 e. The van der Waals surface area contributed by atoms with Crippen LogP contribution in [-0.2, 0) is 16.6 Å². The van der Waals surface area contributed by atoms with E-state index in [2.05, 4.69) is 10.4 Å². The number of carbonyl (C=O) groups excluding carboxylic acids is 2. The zero-order valence-electron chi connectivity index (χ0n) is 18.5. The van der Waals surface area contributed by atoms with Gasteiger partial charge in [0.15, 0.2) is 5.69 Å². The molecule has 0 aliphatic carbocycles. The average Bonchev–Trinajstić information content (AvgIpc) is 2.79. The Morgan fingerprint density at radius 1 is 0.909 bits per heavy atom. The number of nitrogens with one attached hydrogen (secondary N) is 1. The summed E-state index contributed by atoms with van der Waals surface area (Å²) in [5.41, 5.74) is 2.77. The maximum absolute atomic E-state index is 13.2. The van der Waals surface area contributed by atoms with E-state index in [4.69, 9.17) is 4.74 Å². The summed E-state index contributed by atoms with van der Waals surface area (Å²) in [7, 11) is 1.47. The number of aromatic nitrogens is 2. The Morgan fingerprint density at radius 2 is 1.52 bits per heavy atom. The molecule has 0 aliphatic heterocycles. The number of rotatable bonds is 5. The van der Waals surface area contributed by atoms with Crippen LogP contribution in [0.4, 0.5) is 5.69 Å². The van der Waals surface area contributed by atoms with Gasteiger partial charge in [-0.15, -0.1) is 0 Å². The van der Waals surface area contributed by atoms with Crippen LogP contribution >= 0.6 is 0 Å². The van der Waals surface area contributed by atoms with Gasteiger partial charge in [0.05, 0.1) is 5.39 Å². The van der Waals surface area contributed by atoms with E-state index in [1.165, 1.54) is 7.05 Å². The molecule has 4 aromatic rings. The molecule has 0 bridgehead atoms. The fourth-order valence-corrected chi connectivity index (χ4v) is 3.77. The van der Waals surface area contributed by atoms with Gasteiger partial charge in [-0.3, -0.25) is 9.59 Å². The van der Waals surface area contributed by atoms with Gasteiger partial charge in [-0.25, -0.2) is 9.48 Å². The molecule has 166 valence electrons. The minimum absolute atomic E-state index is 0.0344. The highest BCUT2D eigenvalue weighted by Gasteiger charge is 2.28. The first-order valence-electron chi connectivity index (χ1n) is 10.4. The summed E-state index contributed by atoms with van der Waals surface area (Å²) in [5.74, 6) is -1.29. The number of esters is 1. The second-order valence-electron chi connectivity index (χ2n) is 7.88. The van der Waals surface area contributed by atoms with Gasteiger partial charge >= 0.3 is 5.97 Å². The van der Waals surface area contributed by atoms with Gasteiger partial charge in [0.25, 0.3) is 11.5 Å². The number of fused-ring (bicyclic) bond motifs is 1. The highest BCUT2D eigenvalue weighted by molar-refractivity contribution is 6.04. The Bertz CT molecular complexity index is 1390. The first-order chi connectivity index (χ1) is 15.8. The number of benzene rings is 3. The Balaban J connectivity index is 1.70. The lowest BCUT2D eigenvalue weighted by Crippen LogP contribution is -2.28. The van der Waals surface area contributed by atoms with Crippen LogP contribution in [0.2, 0.25) is 0 Å². The Hall–Kier alpha value is -4.26. The van der Waals surface area contributed by atoms with E-state index in [0.717, 1.165) is 15.8 Å². The van der Waals surface area contributed by atoms with Gasteiger partial charge in [0.2, 0.25) is 6.10 Å². The normalized spacial score (nSPS) is 11.7. The number of nitrogens with zero attached hydrogens (tertiary/aromatic N) is 2. The van der Waals surface area contributed by atoms with Crippen LogP contribution in [0, 0.1) is 13.8 Å². The summed E-state index contributed by atoms with van der Waals surface area (Å²) in [4.78, 5) is 38.8. The molecule has 1 amide bonds. The summed E-state index contributed by atoms with van der Waals surface area (Å²) in [6.07, 6.45) is -1.21. The van der Waals surface area contributed by atoms with E-state index in [1.54, 1.807) is 48.5 Å². The molecule has 0 fully saturated rings. The van der Waals surface area contributed by atoms with E-state index >= 15 is 0 Å². The molecule has 0 aliphatic rings. The zero-order valence-corrected chi connectivity index (χ0v) is 18.5. The molecule has 0 spiro atoms. The number of amides is 1. The predicted octanol–water partition coefficient (Wildman–Crippen LogP) is 4.09. The predicted molar refractivity (Wildman–Crippen MR) is 126 cm³/mol. The lowest BCUT2D eigenvalue weighted by molar-refractivity contribution is -0.125. The van der Waals surface area contributed by atoms with Crippen molar-refractivity contribution in [2.75, 3.05) is 5.32 Å². The molecule has 1 heterocycles. The van der Waals surface area contributed by atoms with Gasteiger partial charge in [0, 0.05) is 23.7 Å². The summed E-state index contributed by atoms with van der Waals surface area (Å²) >= 11 is 0. The van der Waals surface area contributed by atoms with Crippen LogP contribution in [0.1, 0.15) is 33.3 Å². The van der Waals surface area contributed by atoms with Crippen molar-refractivity contribution in [1.29, 1.82) is 0 Å². The molecule has 3 aromatic carbocycles. The fraction of sp³-hybridized carbons (Fsp3) is 0.154. The van der Waals surface area contributed by atoms with Crippen molar-refractivity contribution in [2.45, 2.75) is 20.0 Å². The third kappa shape index (κ3) is 4.67. The standard InChI is InChI=1S/C26H23N3O4/c1-16-13-17(2)15-19(14-16)27-24(30)23(18-9-5-4-6-10-18)33-26(32)22-20-11-7-8-12-21(20)25(31)29(3)28-22/h4-15,23H,1-3H3,(H,27,30)/t23-/m1/s1. The molecule has 0 radical (unpaired) electrons. The first kappa shape index (κ1) is 22.0. The second-order valence-corrected chi connectivity index (χ2v) is 7.88. The molecule has 0 saturated carbocycles. The Morgan fingerprint density at radius 3 is 2.18 bits per heavy atom. The topological polar surface area (TPSA) is 90.3 Å². The maximum atomic E-state index is 13.2. The largest absolute Gasteiger partial charge is 0.442 e. The molecule has 0 saturated heterocycles. The van der Waals surface area contributed by atoms with Crippen molar-refractivity contribution in [2.24, 2.45) is 7.05 Å². The monoisotopic (exact) mass is 441 g/mol. The summed E-state index contributed by atoms with van der Waals surface area (Å²) in [6, 6.07) is 21.1. The second kappa shape index (κ2) is 9.08. The van der Waals surface area contributed by atoms with Crippen LogP contribution in [0.5, 0.6) is 0 Å². The number of aryl methyl sites for hydroxylation is 3. The smallest absolute Gasteiger partial charge is 0.360 e. The van der Waals surface area contributed by atoms with Crippen molar-refractivity contribution in [1.82, 2.24) is 9.78 Å².